The molecule has 1 amide bonds. The van der Waals surface area contributed by atoms with Gasteiger partial charge in [0, 0.05) is 22.6 Å². The molecule has 0 radical (unpaired) electrons. The number of carbonyl (C=O) groups excluding carboxylic acids is 1. The molecular formula is C22H18BrN3O3. The summed E-state index contributed by atoms with van der Waals surface area (Å²) >= 11 is 3.41. The topological polar surface area (TPSA) is 69.3 Å². The third-order valence-electron chi connectivity index (χ3n) is 4.22. The van der Waals surface area contributed by atoms with Crippen LogP contribution in [0.3, 0.4) is 0 Å². The predicted molar refractivity (Wildman–Crippen MR) is 113 cm³/mol. The zero-order valence-corrected chi connectivity index (χ0v) is 17.0. The number of aromatic nitrogens is 2. The van der Waals surface area contributed by atoms with Crippen molar-refractivity contribution in [1.29, 1.82) is 0 Å². The summed E-state index contributed by atoms with van der Waals surface area (Å²) in [7, 11) is 0. The van der Waals surface area contributed by atoms with E-state index in [1.165, 1.54) is 0 Å². The van der Waals surface area contributed by atoms with Gasteiger partial charge >= 0.3 is 0 Å². The Bertz CT molecular complexity index is 1110. The van der Waals surface area contributed by atoms with Crippen molar-refractivity contribution in [3.8, 4) is 5.75 Å². The molecule has 146 valence electrons. The second-order valence-electron chi connectivity index (χ2n) is 6.33. The van der Waals surface area contributed by atoms with E-state index in [4.69, 9.17) is 9.15 Å². The smallest absolute Gasteiger partial charge is 0.291 e. The maximum Gasteiger partial charge on any atom is 0.291 e. The molecule has 29 heavy (non-hydrogen) atoms. The molecule has 7 heteroatoms. The average Bonchev–Trinajstić information content (AvgIpc) is 3.40. The first-order chi connectivity index (χ1) is 14.2. The molecule has 4 aromatic rings. The van der Waals surface area contributed by atoms with Crippen LogP contribution in [0, 0.1) is 0 Å². The fourth-order valence-corrected chi connectivity index (χ4v) is 3.20. The van der Waals surface area contributed by atoms with Crippen molar-refractivity contribution in [1.82, 2.24) is 9.78 Å². The van der Waals surface area contributed by atoms with Gasteiger partial charge in [0.2, 0.25) is 0 Å². The SMILES string of the molecule is O=C(Nc1ccccc1Cn1cccn1)c1ccc(COc2cccc(Br)c2)o1. The number of furan rings is 1. The van der Waals surface area contributed by atoms with Crippen LogP contribution >= 0.6 is 15.9 Å². The van der Waals surface area contributed by atoms with E-state index in [9.17, 15) is 4.79 Å². The van der Waals surface area contributed by atoms with Crippen molar-refractivity contribution >= 4 is 27.5 Å². The second kappa shape index (κ2) is 8.79. The molecule has 0 bridgehead atoms. The molecule has 0 aliphatic heterocycles. The fourth-order valence-electron chi connectivity index (χ4n) is 2.82. The molecule has 4 rings (SSSR count). The lowest BCUT2D eigenvalue weighted by atomic mass is 10.1. The third kappa shape index (κ3) is 4.94. The first kappa shape index (κ1) is 19.0. The molecule has 1 N–H and O–H groups in total. The highest BCUT2D eigenvalue weighted by Gasteiger charge is 2.14. The summed E-state index contributed by atoms with van der Waals surface area (Å²) in [6, 6.07) is 20.4. The molecule has 2 aromatic heterocycles. The monoisotopic (exact) mass is 451 g/mol. The predicted octanol–water partition coefficient (Wildman–Crippen LogP) is 5.12. The Hall–Kier alpha value is -3.32. The number of halogens is 1. The van der Waals surface area contributed by atoms with Crippen LogP contribution in [0.5, 0.6) is 5.75 Å². The van der Waals surface area contributed by atoms with Crippen molar-refractivity contribution in [3.63, 3.8) is 0 Å². The van der Waals surface area contributed by atoms with Crippen LogP contribution < -0.4 is 10.1 Å². The van der Waals surface area contributed by atoms with Gasteiger partial charge in [-0.05, 0) is 48.0 Å². The molecule has 0 spiro atoms. The Morgan fingerprint density at radius 2 is 2.00 bits per heavy atom. The molecule has 0 fully saturated rings. The number of nitrogens with one attached hydrogen (secondary N) is 1. The van der Waals surface area contributed by atoms with Crippen molar-refractivity contribution in [2.24, 2.45) is 0 Å². The summed E-state index contributed by atoms with van der Waals surface area (Å²) in [6.45, 7) is 0.799. The maximum atomic E-state index is 12.6. The Morgan fingerprint density at radius 3 is 2.83 bits per heavy atom. The van der Waals surface area contributed by atoms with E-state index in [2.05, 4.69) is 26.3 Å². The summed E-state index contributed by atoms with van der Waals surface area (Å²) in [6.07, 6.45) is 3.60. The molecule has 0 saturated carbocycles. The molecule has 6 nitrogen and oxygen atoms in total. The summed E-state index contributed by atoms with van der Waals surface area (Å²) in [5, 5.41) is 7.13. The van der Waals surface area contributed by atoms with E-state index < -0.39 is 0 Å². The van der Waals surface area contributed by atoms with Gasteiger partial charge in [-0.15, -0.1) is 0 Å². The molecule has 0 aliphatic carbocycles. The highest BCUT2D eigenvalue weighted by atomic mass is 79.9. The quantitative estimate of drug-likeness (QED) is 0.423. The van der Waals surface area contributed by atoms with Gasteiger partial charge in [0.05, 0.1) is 6.54 Å². The Balaban J connectivity index is 1.41. The number of carbonyl (C=O) groups is 1. The van der Waals surface area contributed by atoms with Gasteiger partial charge < -0.3 is 14.5 Å². The number of hydrogen-bond donors (Lipinski definition) is 1. The minimum atomic E-state index is -0.313. The van der Waals surface area contributed by atoms with Crippen LogP contribution in [-0.2, 0) is 13.2 Å². The van der Waals surface area contributed by atoms with Gasteiger partial charge in [0.15, 0.2) is 5.76 Å². The van der Waals surface area contributed by atoms with Gasteiger partial charge in [-0.1, -0.05) is 40.2 Å². The third-order valence-corrected chi connectivity index (χ3v) is 4.71. The van der Waals surface area contributed by atoms with Crippen LogP contribution in [0.25, 0.3) is 0 Å². The molecule has 0 atom stereocenters. The molecule has 0 aliphatic rings. The second-order valence-corrected chi connectivity index (χ2v) is 7.24. The average molecular weight is 452 g/mol. The van der Waals surface area contributed by atoms with Crippen LogP contribution in [0.1, 0.15) is 21.9 Å². The van der Waals surface area contributed by atoms with E-state index in [-0.39, 0.29) is 18.3 Å². The number of hydrogen-bond acceptors (Lipinski definition) is 4. The number of ether oxygens (including phenoxy) is 1. The summed E-state index contributed by atoms with van der Waals surface area (Å²) < 4.78 is 14.1. The highest BCUT2D eigenvalue weighted by molar-refractivity contribution is 9.10. The van der Waals surface area contributed by atoms with Crippen LogP contribution in [0.15, 0.2) is 88.0 Å². The summed E-state index contributed by atoms with van der Waals surface area (Å²) in [5.41, 5.74) is 1.67. The van der Waals surface area contributed by atoms with Gasteiger partial charge in [0.25, 0.3) is 5.91 Å². The van der Waals surface area contributed by atoms with Crippen LogP contribution in [0.2, 0.25) is 0 Å². The summed E-state index contributed by atoms with van der Waals surface area (Å²) in [4.78, 5) is 12.6. The number of benzene rings is 2. The van der Waals surface area contributed by atoms with Crippen LogP contribution in [0.4, 0.5) is 5.69 Å². The lowest BCUT2D eigenvalue weighted by Crippen LogP contribution is -2.13. The van der Waals surface area contributed by atoms with Crippen molar-refractivity contribution in [2.75, 3.05) is 5.32 Å². The molecule has 2 heterocycles. The lowest BCUT2D eigenvalue weighted by molar-refractivity contribution is 0.0992. The van der Waals surface area contributed by atoms with Crippen molar-refractivity contribution < 1.29 is 13.9 Å². The number of anilines is 1. The van der Waals surface area contributed by atoms with Gasteiger partial charge in [-0.2, -0.15) is 5.10 Å². The molecule has 0 saturated heterocycles. The number of amides is 1. The number of rotatable bonds is 7. The summed E-state index contributed by atoms with van der Waals surface area (Å²) in [5.74, 6) is 1.20. The minimum Gasteiger partial charge on any atom is -0.486 e. The Labute approximate surface area is 176 Å². The van der Waals surface area contributed by atoms with E-state index in [1.807, 2.05) is 60.8 Å². The van der Waals surface area contributed by atoms with E-state index in [0.717, 1.165) is 15.7 Å². The first-order valence-electron chi connectivity index (χ1n) is 9.01. The van der Waals surface area contributed by atoms with E-state index in [0.29, 0.717) is 18.1 Å². The number of nitrogens with zero attached hydrogens (tertiary/aromatic N) is 2. The largest absolute Gasteiger partial charge is 0.486 e. The number of para-hydroxylation sites is 1. The van der Waals surface area contributed by atoms with E-state index >= 15 is 0 Å². The molecule has 0 unspecified atom stereocenters. The van der Waals surface area contributed by atoms with Gasteiger partial charge in [0.1, 0.15) is 18.1 Å². The Morgan fingerprint density at radius 1 is 1.10 bits per heavy atom. The zero-order chi connectivity index (χ0) is 20.1. The first-order valence-corrected chi connectivity index (χ1v) is 9.80. The molecule has 2 aromatic carbocycles. The Kier molecular flexibility index (Phi) is 5.76. The molecular weight excluding hydrogens is 434 g/mol. The standard InChI is InChI=1S/C22H18BrN3O3/c23-17-6-3-7-18(13-17)28-15-19-9-10-21(29-19)22(27)25-20-8-2-1-5-16(20)14-26-12-4-11-24-26/h1-13H,14-15H2,(H,25,27). The van der Waals surface area contributed by atoms with Crippen LogP contribution in [-0.4, -0.2) is 15.7 Å². The van der Waals surface area contributed by atoms with E-state index in [1.54, 1.807) is 23.0 Å². The minimum absolute atomic E-state index is 0.228. The maximum absolute atomic E-state index is 12.6. The van der Waals surface area contributed by atoms with Crippen molar-refractivity contribution in [3.05, 3.63) is 101 Å². The lowest BCUT2D eigenvalue weighted by Gasteiger charge is -2.10. The van der Waals surface area contributed by atoms with Gasteiger partial charge in [-0.3, -0.25) is 9.48 Å². The van der Waals surface area contributed by atoms with Crippen molar-refractivity contribution in [2.45, 2.75) is 13.2 Å². The van der Waals surface area contributed by atoms with Gasteiger partial charge in [-0.25, -0.2) is 0 Å². The normalized spacial score (nSPS) is 10.7. The zero-order valence-electron chi connectivity index (χ0n) is 15.4. The fraction of sp³-hybridized carbons (Fsp3) is 0.0909. The highest BCUT2D eigenvalue weighted by Crippen LogP contribution is 2.21.